The number of hydrogen-bond acceptors (Lipinski definition) is 3. The van der Waals surface area contributed by atoms with Gasteiger partial charge in [0, 0.05) is 17.8 Å². The first kappa shape index (κ1) is 15.5. The molecule has 0 unspecified atom stereocenters. The first-order valence-corrected chi connectivity index (χ1v) is 7.55. The Morgan fingerprint density at radius 1 is 1.21 bits per heavy atom. The van der Waals surface area contributed by atoms with E-state index in [0.29, 0.717) is 23.5 Å². The standard InChI is InChI=1S/C19H16N4O/c1-14-5-2-3-7-17(14)13-23-10-9-18(22-23)21-19(24)16-8-4-6-15(11-16)12-20/h2-11H,13H2,1H3,(H,21,22,24). The second-order valence-corrected chi connectivity index (χ2v) is 5.47. The summed E-state index contributed by atoms with van der Waals surface area (Å²) in [4.78, 5) is 12.2. The predicted molar refractivity (Wildman–Crippen MR) is 91.6 cm³/mol. The summed E-state index contributed by atoms with van der Waals surface area (Å²) in [5.74, 6) is 0.198. The van der Waals surface area contributed by atoms with Gasteiger partial charge in [0.05, 0.1) is 18.2 Å². The van der Waals surface area contributed by atoms with Crippen LogP contribution in [0.2, 0.25) is 0 Å². The summed E-state index contributed by atoms with van der Waals surface area (Å²) in [5.41, 5.74) is 3.27. The minimum Gasteiger partial charge on any atom is -0.305 e. The zero-order chi connectivity index (χ0) is 16.9. The molecule has 0 saturated carbocycles. The van der Waals surface area contributed by atoms with Gasteiger partial charge >= 0.3 is 0 Å². The Hall–Kier alpha value is -3.39. The number of aromatic nitrogens is 2. The Morgan fingerprint density at radius 2 is 2.04 bits per heavy atom. The van der Waals surface area contributed by atoms with Crippen molar-refractivity contribution in [1.82, 2.24) is 9.78 Å². The molecular weight excluding hydrogens is 300 g/mol. The second kappa shape index (κ2) is 6.80. The van der Waals surface area contributed by atoms with Crippen molar-refractivity contribution in [2.75, 3.05) is 5.32 Å². The Labute approximate surface area is 140 Å². The summed E-state index contributed by atoms with van der Waals surface area (Å²) < 4.78 is 1.78. The van der Waals surface area contributed by atoms with Gasteiger partial charge < -0.3 is 5.32 Å². The van der Waals surface area contributed by atoms with Crippen molar-refractivity contribution in [3.63, 3.8) is 0 Å². The van der Waals surface area contributed by atoms with Crippen LogP contribution in [0.4, 0.5) is 5.82 Å². The molecule has 0 saturated heterocycles. The number of carbonyl (C=O) groups excluding carboxylic acids is 1. The highest BCUT2D eigenvalue weighted by molar-refractivity contribution is 6.03. The molecule has 0 aliphatic heterocycles. The van der Waals surface area contributed by atoms with Gasteiger partial charge in [0.1, 0.15) is 0 Å². The maximum atomic E-state index is 12.2. The zero-order valence-electron chi connectivity index (χ0n) is 13.2. The van der Waals surface area contributed by atoms with Gasteiger partial charge in [-0.1, -0.05) is 30.3 Å². The lowest BCUT2D eigenvalue weighted by Crippen LogP contribution is -2.13. The summed E-state index contributed by atoms with van der Waals surface area (Å²) in [6.45, 7) is 2.70. The van der Waals surface area contributed by atoms with Crippen molar-refractivity contribution in [1.29, 1.82) is 5.26 Å². The molecule has 0 fully saturated rings. The largest absolute Gasteiger partial charge is 0.305 e. The molecular formula is C19H16N4O. The molecule has 3 rings (SSSR count). The summed E-state index contributed by atoms with van der Waals surface area (Å²) in [7, 11) is 0. The maximum Gasteiger partial charge on any atom is 0.256 e. The summed E-state index contributed by atoms with van der Waals surface area (Å²) in [5, 5.41) is 16.0. The smallest absolute Gasteiger partial charge is 0.256 e. The molecule has 24 heavy (non-hydrogen) atoms. The van der Waals surface area contributed by atoms with Crippen LogP contribution in [0.25, 0.3) is 0 Å². The number of hydrogen-bond donors (Lipinski definition) is 1. The van der Waals surface area contributed by atoms with Crippen LogP contribution in [0.15, 0.2) is 60.8 Å². The van der Waals surface area contributed by atoms with E-state index in [0.717, 1.165) is 0 Å². The summed E-state index contributed by atoms with van der Waals surface area (Å²) >= 11 is 0. The molecule has 3 aromatic rings. The van der Waals surface area contributed by atoms with Gasteiger partial charge in [-0.3, -0.25) is 9.48 Å². The number of nitriles is 1. The van der Waals surface area contributed by atoms with Crippen molar-refractivity contribution >= 4 is 11.7 Å². The highest BCUT2D eigenvalue weighted by Crippen LogP contribution is 2.12. The third kappa shape index (κ3) is 3.50. The van der Waals surface area contributed by atoms with Gasteiger partial charge in [0.25, 0.3) is 5.91 Å². The molecule has 0 atom stereocenters. The quantitative estimate of drug-likeness (QED) is 0.802. The number of aryl methyl sites for hydroxylation is 1. The molecule has 1 N–H and O–H groups in total. The normalized spacial score (nSPS) is 10.2. The van der Waals surface area contributed by atoms with Gasteiger partial charge in [-0.05, 0) is 36.2 Å². The van der Waals surface area contributed by atoms with Crippen molar-refractivity contribution in [2.45, 2.75) is 13.5 Å². The SMILES string of the molecule is Cc1ccccc1Cn1ccc(NC(=O)c2cccc(C#N)c2)n1. The molecule has 0 bridgehead atoms. The van der Waals surface area contributed by atoms with Crippen molar-refractivity contribution in [3.05, 3.63) is 83.0 Å². The van der Waals surface area contributed by atoms with Crippen LogP contribution >= 0.6 is 0 Å². The van der Waals surface area contributed by atoms with E-state index in [1.165, 1.54) is 11.1 Å². The lowest BCUT2D eigenvalue weighted by molar-refractivity contribution is 0.102. The molecule has 1 heterocycles. The van der Waals surface area contributed by atoms with Gasteiger partial charge in [-0.25, -0.2) is 0 Å². The molecule has 2 aromatic carbocycles. The predicted octanol–water partition coefficient (Wildman–Crippen LogP) is 3.36. The van der Waals surface area contributed by atoms with Crippen LogP contribution in [-0.2, 0) is 6.54 Å². The van der Waals surface area contributed by atoms with E-state index in [1.54, 1.807) is 35.0 Å². The van der Waals surface area contributed by atoms with Crippen LogP contribution in [0.3, 0.4) is 0 Å². The Balaban J connectivity index is 1.71. The van der Waals surface area contributed by atoms with E-state index in [-0.39, 0.29) is 5.91 Å². The second-order valence-electron chi connectivity index (χ2n) is 5.47. The van der Waals surface area contributed by atoms with Gasteiger partial charge in [0.2, 0.25) is 0 Å². The Kier molecular flexibility index (Phi) is 4.39. The topological polar surface area (TPSA) is 70.7 Å². The van der Waals surface area contributed by atoms with E-state index in [1.807, 2.05) is 24.4 Å². The molecule has 0 aliphatic rings. The first-order chi connectivity index (χ1) is 11.7. The fraction of sp³-hybridized carbons (Fsp3) is 0.105. The minimum atomic E-state index is -0.284. The van der Waals surface area contributed by atoms with Gasteiger partial charge in [-0.2, -0.15) is 10.4 Å². The molecule has 0 radical (unpaired) electrons. The van der Waals surface area contributed by atoms with Crippen molar-refractivity contribution < 1.29 is 4.79 Å². The summed E-state index contributed by atoms with van der Waals surface area (Å²) in [6, 6.07) is 18.5. The van der Waals surface area contributed by atoms with E-state index in [9.17, 15) is 4.79 Å². The Bertz CT molecular complexity index is 921. The number of amides is 1. The number of nitrogens with zero attached hydrogens (tertiary/aromatic N) is 3. The molecule has 1 aromatic heterocycles. The van der Waals surface area contributed by atoms with Crippen LogP contribution in [-0.4, -0.2) is 15.7 Å². The third-order valence-corrected chi connectivity index (χ3v) is 3.73. The van der Waals surface area contributed by atoms with Crippen LogP contribution in [0.5, 0.6) is 0 Å². The van der Waals surface area contributed by atoms with Crippen molar-refractivity contribution in [3.8, 4) is 6.07 Å². The fourth-order valence-electron chi connectivity index (χ4n) is 2.40. The van der Waals surface area contributed by atoms with E-state index in [4.69, 9.17) is 5.26 Å². The number of rotatable bonds is 4. The molecule has 118 valence electrons. The zero-order valence-corrected chi connectivity index (χ0v) is 13.2. The highest BCUT2D eigenvalue weighted by Gasteiger charge is 2.09. The average Bonchev–Trinajstić information content (AvgIpc) is 3.04. The van der Waals surface area contributed by atoms with E-state index >= 15 is 0 Å². The highest BCUT2D eigenvalue weighted by atomic mass is 16.1. The molecule has 1 amide bonds. The van der Waals surface area contributed by atoms with Crippen LogP contribution in [0, 0.1) is 18.3 Å². The number of benzene rings is 2. The van der Waals surface area contributed by atoms with E-state index < -0.39 is 0 Å². The number of nitrogens with one attached hydrogen (secondary N) is 1. The fourth-order valence-corrected chi connectivity index (χ4v) is 2.40. The van der Waals surface area contributed by atoms with E-state index in [2.05, 4.69) is 29.5 Å². The lowest BCUT2D eigenvalue weighted by Gasteiger charge is -2.06. The number of anilines is 1. The monoisotopic (exact) mass is 316 g/mol. The minimum absolute atomic E-state index is 0.284. The maximum absolute atomic E-state index is 12.2. The van der Waals surface area contributed by atoms with Gasteiger partial charge in [-0.15, -0.1) is 0 Å². The average molecular weight is 316 g/mol. The molecule has 0 spiro atoms. The van der Waals surface area contributed by atoms with Crippen LogP contribution < -0.4 is 5.32 Å². The van der Waals surface area contributed by atoms with Crippen molar-refractivity contribution in [2.24, 2.45) is 0 Å². The van der Waals surface area contributed by atoms with Gasteiger partial charge in [0.15, 0.2) is 5.82 Å². The Morgan fingerprint density at radius 3 is 2.83 bits per heavy atom. The number of carbonyl (C=O) groups is 1. The third-order valence-electron chi connectivity index (χ3n) is 3.73. The lowest BCUT2D eigenvalue weighted by atomic mass is 10.1. The molecule has 5 heteroatoms. The van der Waals surface area contributed by atoms with Crippen LogP contribution in [0.1, 0.15) is 27.0 Å². The molecule has 5 nitrogen and oxygen atoms in total. The summed E-state index contributed by atoms with van der Waals surface area (Å²) in [6.07, 6.45) is 1.83. The first-order valence-electron chi connectivity index (χ1n) is 7.55. The molecule has 0 aliphatic carbocycles.